The largest absolute Gasteiger partial charge is 0.335 e. The fraction of sp³-hybridized carbons (Fsp3) is 0.562. The molecule has 2 amide bonds. The minimum atomic E-state index is -0.114. The first-order valence-electron chi connectivity index (χ1n) is 7.12. The van der Waals surface area contributed by atoms with E-state index in [0.29, 0.717) is 5.92 Å². The molecule has 0 aliphatic rings. The third-order valence-corrected chi connectivity index (χ3v) is 3.26. The summed E-state index contributed by atoms with van der Waals surface area (Å²) in [6.45, 7) is 10.4. The summed E-state index contributed by atoms with van der Waals surface area (Å²) in [6, 6.07) is 6.22. The lowest BCUT2D eigenvalue weighted by molar-refractivity contribution is 0.248. The molecule has 0 spiro atoms. The normalized spacial score (nSPS) is 12.3. The lowest BCUT2D eigenvalue weighted by Gasteiger charge is -2.18. The number of amides is 2. The Kier molecular flexibility index (Phi) is 5.87. The van der Waals surface area contributed by atoms with E-state index in [1.807, 2.05) is 26.0 Å². The van der Waals surface area contributed by atoms with Crippen molar-refractivity contribution in [3.05, 3.63) is 29.3 Å². The Morgan fingerprint density at radius 3 is 2.53 bits per heavy atom. The fourth-order valence-corrected chi connectivity index (χ4v) is 2.22. The Labute approximate surface area is 116 Å². The average molecular weight is 262 g/mol. The molecule has 0 fully saturated rings. The second-order valence-corrected chi connectivity index (χ2v) is 5.48. The molecule has 1 rings (SSSR count). The number of urea groups is 1. The summed E-state index contributed by atoms with van der Waals surface area (Å²) in [4.78, 5) is 12.0. The molecule has 1 aromatic carbocycles. The van der Waals surface area contributed by atoms with E-state index >= 15 is 0 Å². The van der Waals surface area contributed by atoms with Gasteiger partial charge in [-0.2, -0.15) is 0 Å². The van der Waals surface area contributed by atoms with Gasteiger partial charge in [-0.15, -0.1) is 0 Å². The molecule has 0 radical (unpaired) electrons. The Morgan fingerprint density at radius 2 is 1.95 bits per heavy atom. The number of hydrogen-bond acceptors (Lipinski definition) is 1. The Bertz CT molecular complexity index is 427. The van der Waals surface area contributed by atoms with Crippen molar-refractivity contribution in [2.45, 2.75) is 59.4 Å². The van der Waals surface area contributed by atoms with Crippen LogP contribution < -0.4 is 10.6 Å². The number of rotatable bonds is 5. The third-order valence-electron chi connectivity index (χ3n) is 3.26. The number of nitrogens with one attached hydrogen (secondary N) is 2. The number of carbonyl (C=O) groups is 1. The minimum Gasteiger partial charge on any atom is -0.335 e. The molecule has 0 saturated carbocycles. The van der Waals surface area contributed by atoms with Gasteiger partial charge in [0.15, 0.2) is 0 Å². The summed E-state index contributed by atoms with van der Waals surface area (Å²) in [5.74, 6) is 0.392. The van der Waals surface area contributed by atoms with Crippen molar-refractivity contribution in [2.75, 3.05) is 5.32 Å². The first-order valence-corrected chi connectivity index (χ1v) is 7.12. The summed E-state index contributed by atoms with van der Waals surface area (Å²) in [5, 5.41) is 5.97. The molecule has 0 aromatic heterocycles. The van der Waals surface area contributed by atoms with Crippen LogP contribution in [0.2, 0.25) is 0 Å². The molecule has 3 nitrogen and oxygen atoms in total. The van der Waals surface area contributed by atoms with Gasteiger partial charge in [-0.1, -0.05) is 45.4 Å². The Balaban J connectivity index is 2.79. The van der Waals surface area contributed by atoms with Gasteiger partial charge in [-0.3, -0.25) is 0 Å². The number of benzene rings is 1. The quantitative estimate of drug-likeness (QED) is 0.810. The molecule has 0 heterocycles. The van der Waals surface area contributed by atoms with Gasteiger partial charge < -0.3 is 10.6 Å². The third kappa shape index (κ3) is 4.58. The van der Waals surface area contributed by atoms with Gasteiger partial charge in [0.05, 0.1) is 0 Å². The summed E-state index contributed by atoms with van der Waals surface area (Å²) in [7, 11) is 0. The maximum atomic E-state index is 12.0. The van der Waals surface area contributed by atoms with E-state index in [-0.39, 0.29) is 12.1 Å². The van der Waals surface area contributed by atoms with E-state index in [4.69, 9.17) is 0 Å². The second-order valence-electron chi connectivity index (χ2n) is 5.48. The maximum Gasteiger partial charge on any atom is 0.319 e. The Hall–Kier alpha value is -1.51. The van der Waals surface area contributed by atoms with E-state index in [1.165, 1.54) is 5.56 Å². The van der Waals surface area contributed by atoms with Gasteiger partial charge in [-0.05, 0) is 37.3 Å². The molecular weight excluding hydrogens is 236 g/mol. The van der Waals surface area contributed by atoms with Crippen LogP contribution in [0, 0.1) is 6.92 Å². The smallest absolute Gasteiger partial charge is 0.319 e. The minimum absolute atomic E-state index is 0.114. The van der Waals surface area contributed by atoms with Crippen LogP contribution in [0.15, 0.2) is 18.2 Å². The highest BCUT2D eigenvalue weighted by Crippen LogP contribution is 2.27. The molecule has 19 heavy (non-hydrogen) atoms. The summed E-state index contributed by atoms with van der Waals surface area (Å²) < 4.78 is 0. The van der Waals surface area contributed by atoms with Crippen molar-refractivity contribution in [1.29, 1.82) is 0 Å². The fourth-order valence-electron chi connectivity index (χ4n) is 2.22. The molecular formula is C16H26N2O. The first-order chi connectivity index (χ1) is 8.95. The van der Waals surface area contributed by atoms with Crippen LogP contribution in [0.4, 0.5) is 10.5 Å². The van der Waals surface area contributed by atoms with Gasteiger partial charge in [0.1, 0.15) is 0 Å². The summed E-state index contributed by atoms with van der Waals surface area (Å²) >= 11 is 0. The number of aryl methyl sites for hydroxylation is 1. The second kappa shape index (κ2) is 7.17. The van der Waals surface area contributed by atoms with Crippen molar-refractivity contribution >= 4 is 11.7 Å². The molecule has 106 valence electrons. The highest BCUT2D eigenvalue weighted by Gasteiger charge is 2.12. The first kappa shape index (κ1) is 15.5. The number of hydrogen-bond donors (Lipinski definition) is 2. The summed E-state index contributed by atoms with van der Waals surface area (Å²) in [5.41, 5.74) is 3.22. The molecule has 1 aromatic rings. The van der Waals surface area contributed by atoms with Gasteiger partial charge in [0, 0.05) is 11.7 Å². The van der Waals surface area contributed by atoms with Crippen molar-refractivity contribution in [3.63, 3.8) is 0 Å². The van der Waals surface area contributed by atoms with Gasteiger partial charge in [0.25, 0.3) is 0 Å². The highest BCUT2D eigenvalue weighted by atomic mass is 16.2. The van der Waals surface area contributed by atoms with Crippen molar-refractivity contribution in [3.8, 4) is 0 Å². The van der Waals surface area contributed by atoms with Crippen molar-refractivity contribution in [1.82, 2.24) is 5.32 Å². The SMILES string of the molecule is CCCC(C)NC(=O)Nc1c(C)cccc1C(C)C. The summed E-state index contributed by atoms with van der Waals surface area (Å²) in [6.07, 6.45) is 2.07. The molecule has 0 aliphatic heterocycles. The van der Waals surface area contributed by atoms with Crippen LogP contribution in [-0.4, -0.2) is 12.1 Å². The molecule has 0 saturated heterocycles. The van der Waals surface area contributed by atoms with E-state index in [2.05, 4.69) is 37.5 Å². The molecule has 3 heteroatoms. The zero-order chi connectivity index (χ0) is 14.4. The lowest BCUT2D eigenvalue weighted by atomic mass is 9.98. The van der Waals surface area contributed by atoms with Crippen LogP contribution in [0.1, 0.15) is 57.6 Å². The van der Waals surface area contributed by atoms with Gasteiger partial charge in [0.2, 0.25) is 0 Å². The van der Waals surface area contributed by atoms with E-state index in [9.17, 15) is 4.79 Å². The topological polar surface area (TPSA) is 41.1 Å². The van der Waals surface area contributed by atoms with Crippen LogP contribution in [0.3, 0.4) is 0 Å². The Morgan fingerprint density at radius 1 is 1.26 bits per heavy atom. The van der Waals surface area contributed by atoms with E-state index < -0.39 is 0 Å². The lowest BCUT2D eigenvalue weighted by Crippen LogP contribution is -2.36. The average Bonchev–Trinajstić information content (AvgIpc) is 2.31. The molecule has 2 N–H and O–H groups in total. The van der Waals surface area contributed by atoms with E-state index in [1.54, 1.807) is 0 Å². The monoisotopic (exact) mass is 262 g/mol. The van der Waals surface area contributed by atoms with Crippen LogP contribution in [0.5, 0.6) is 0 Å². The van der Waals surface area contributed by atoms with Crippen LogP contribution >= 0.6 is 0 Å². The predicted octanol–water partition coefficient (Wildman–Crippen LogP) is 4.43. The molecule has 0 bridgehead atoms. The van der Waals surface area contributed by atoms with Crippen LogP contribution in [-0.2, 0) is 0 Å². The molecule has 1 atom stereocenters. The number of para-hydroxylation sites is 1. The standard InChI is InChI=1S/C16H26N2O/c1-6-8-13(5)17-16(19)18-15-12(4)9-7-10-14(15)11(2)3/h7,9-11,13H,6,8H2,1-5H3,(H2,17,18,19). The van der Waals surface area contributed by atoms with Crippen LogP contribution in [0.25, 0.3) is 0 Å². The van der Waals surface area contributed by atoms with Crippen molar-refractivity contribution < 1.29 is 4.79 Å². The number of anilines is 1. The zero-order valence-corrected chi connectivity index (χ0v) is 12.7. The molecule has 1 unspecified atom stereocenters. The molecule has 0 aliphatic carbocycles. The van der Waals surface area contributed by atoms with Gasteiger partial charge in [-0.25, -0.2) is 4.79 Å². The zero-order valence-electron chi connectivity index (χ0n) is 12.7. The van der Waals surface area contributed by atoms with E-state index in [0.717, 1.165) is 24.1 Å². The maximum absolute atomic E-state index is 12.0. The van der Waals surface area contributed by atoms with Crippen molar-refractivity contribution in [2.24, 2.45) is 0 Å². The predicted molar refractivity (Wildman–Crippen MR) is 81.8 cm³/mol. The number of carbonyl (C=O) groups excluding carboxylic acids is 1. The van der Waals surface area contributed by atoms with Gasteiger partial charge >= 0.3 is 6.03 Å². The highest BCUT2D eigenvalue weighted by molar-refractivity contribution is 5.91.